The number of allylic oxidation sites excluding steroid dienone is 1. The highest BCUT2D eigenvalue weighted by Crippen LogP contribution is 2.18. The number of unbranched alkanes of at least 4 members (excludes halogenated alkanes) is 8. The van der Waals surface area contributed by atoms with Gasteiger partial charge in [-0.15, -0.1) is 6.58 Å². The fourth-order valence-corrected chi connectivity index (χ4v) is 2.02. The predicted molar refractivity (Wildman–Crippen MR) is 70.5 cm³/mol. The SMILES string of the molecule is C=CCCCCCCCCCCC1=COC1=O. The summed E-state index contributed by atoms with van der Waals surface area (Å²) < 4.78 is 4.58. The first-order valence-electron chi connectivity index (χ1n) is 6.85. The molecule has 0 radical (unpaired) electrons. The summed E-state index contributed by atoms with van der Waals surface area (Å²) in [5, 5.41) is 0. The Morgan fingerprint density at radius 1 is 1.00 bits per heavy atom. The molecule has 0 saturated heterocycles. The molecule has 0 fully saturated rings. The summed E-state index contributed by atoms with van der Waals surface area (Å²) in [7, 11) is 0. The minimum absolute atomic E-state index is 0.118. The molecular formula is C15H24O2. The number of hydrogen-bond acceptors (Lipinski definition) is 2. The van der Waals surface area contributed by atoms with Gasteiger partial charge in [0.1, 0.15) is 6.26 Å². The van der Waals surface area contributed by atoms with Gasteiger partial charge in [-0.2, -0.15) is 0 Å². The van der Waals surface area contributed by atoms with Gasteiger partial charge in [0.05, 0.1) is 5.57 Å². The molecule has 0 N–H and O–H groups in total. The maximum atomic E-state index is 10.8. The number of carbonyl (C=O) groups is 1. The summed E-state index contributed by atoms with van der Waals surface area (Å²) in [6.45, 7) is 3.72. The lowest BCUT2D eigenvalue weighted by atomic mass is 10.0. The van der Waals surface area contributed by atoms with E-state index in [0.29, 0.717) is 0 Å². The van der Waals surface area contributed by atoms with Gasteiger partial charge >= 0.3 is 5.97 Å². The molecule has 17 heavy (non-hydrogen) atoms. The standard InChI is InChI=1S/C15H24O2/c1-2-3-4-5-6-7-8-9-10-11-12-14-13-17-15(14)16/h2,13H,1,3-12H2. The van der Waals surface area contributed by atoms with E-state index in [4.69, 9.17) is 0 Å². The number of ether oxygens (including phenoxy) is 1. The maximum absolute atomic E-state index is 10.8. The van der Waals surface area contributed by atoms with Gasteiger partial charge < -0.3 is 4.74 Å². The summed E-state index contributed by atoms with van der Waals surface area (Å²) >= 11 is 0. The zero-order valence-electron chi connectivity index (χ0n) is 10.7. The first kappa shape index (κ1) is 14.0. The Labute approximate surface area is 105 Å². The lowest BCUT2D eigenvalue weighted by molar-refractivity contribution is -0.138. The van der Waals surface area contributed by atoms with Crippen LogP contribution in [0.3, 0.4) is 0 Å². The molecule has 0 unspecified atom stereocenters. The molecule has 0 atom stereocenters. The molecular weight excluding hydrogens is 212 g/mol. The zero-order chi connectivity index (χ0) is 12.3. The second-order valence-electron chi connectivity index (χ2n) is 4.70. The number of esters is 1. The van der Waals surface area contributed by atoms with Gasteiger partial charge in [-0.05, 0) is 25.7 Å². The Balaban J connectivity index is 1.75. The molecule has 0 aromatic rings. The Morgan fingerprint density at radius 3 is 2.06 bits per heavy atom. The van der Waals surface area contributed by atoms with Crippen LogP contribution >= 0.6 is 0 Å². The number of rotatable bonds is 11. The summed E-state index contributed by atoms with van der Waals surface area (Å²) in [5.74, 6) is -0.118. The minimum Gasteiger partial charge on any atom is -0.430 e. The molecule has 0 saturated carbocycles. The number of hydrogen-bond donors (Lipinski definition) is 0. The van der Waals surface area contributed by atoms with Crippen LogP contribution in [0.15, 0.2) is 24.5 Å². The smallest absolute Gasteiger partial charge is 0.341 e. The summed E-state index contributed by atoms with van der Waals surface area (Å²) in [6, 6.07) is 0. The van der Waals surface area contributed by atoms with E-state index in [1.807, 2.05) is 6.08 Å². The topological polar surface area (TPSA) is 26.3 Å². The van der Waals surface area contributed by atoms with Crippen LogP contribution in [0.5, 0.6) is 0 Å². The van der Waals surface area contributed by atoms with Crippen LogP contribution in [0.4, 0.5) is 0 Å². The second-order valence-corrected chi connectivity index (χ2v) is 4.70. The zero-order valence-corrected chi connectivity index (χ0v) is 10.7. The van der Waals surface area contributed by atoms with Crippen molar-refractivity contribution in [1.82, 2.24) is 0 Å². The van der Waals surface area contributed by atoms with Crippen molar-refractivity contribution in [2.75, 3.05) is 0 Å². The lowest BCUT2D eigenvalue weighted by Crippen LogP contribution is -2.14. The molecule has 1 aliphatic rings. The van der Waals surface area contributed by atoms with Crippen LogP contribution < -0.4 is 0 Å². The molecule has 2 nitrogen and oxygen atoms in total. The van der Waals surface area contributed by atoms with Crippen molar-refractivity contribution in [3.05, 3.63) is 24.5 Å². The third-order valence-electron chi connectivity index (χ3n) is 3.17. The number of cyclic esters (lactones) is 1. The van der Waals surface area contributed by atoms with Crippen LogP contribution in [0.2, 0.25) is 0 Å². The summed E-state index contributed by atoms with van der Waals surface area (Å²) in [6.07, 6.45) is 16.0. The van der Waals surface area contributed by atoms with Crippen molar-refractivity contribution in [3.63, 3.8) is 0 Å². The van der Waals surface area contributed by atoms with E-state index in [-0.39, 0.29) is 5.97 Å². The average molecular weight is 236 g/mol. The van der Waals surface area contributed by atoms with E-state index in [1.165, 1.54) is 44.9 Å². The molecule has 0 bridgehead atoms. The van der Waals surface area contributed by atoms with E-state index >= 15 is 0 Å². The highest BCUT2D eigenvalue weighted by atomic mass is 16.5. The van der Waals surface area contributed by atoms with Gasteiger partial charge in [-0.3, -0.25) is 0 Å². The molecule has 0 aliphatic carbocycles. The molecule has 96 valence electrons. The third-order valence-corrected chi connectivity index (χ3v) is 3.17. The first-order chi connectivity index (χ1) is 8.34. The van der Waals surface area contributed by atoms with Crippen LogP contribution in [0.1, 0.15) is 64.2 Å². The first-order valence-corrected chi connectivity index (χ1v) is 6.85. The monoisotopic (exact) mass is 236 g/mol. The predicted octanol–water partition coefficient (Wildman–Crippen LogP) is 4.51. The third kappa shape index (κ3) is 6.30. The van der Waals surface area contributed by atoms with Gasteiger partial charge in [0.2, 0.25) is 0 Å². The quantitative estimate of drug-likeness (QED) is 0.299. The fraction of sp³-hybridized carbons (Fsp3) is 0.667. The van der Waals surface area contributed by atoms with Crippen molar-refractivity contribution < 1.29 is 9.53 Å². The minimum atomic E-state index is -0.118. The normalized spacial score (nSPS) is 13.9. The van der Waals surface area contributed by atoms with Crippen LogP contribution in [0.25, 0.3) is 0 Å². The van der Waals surface area contributed by atoms with E-state index in [9.17, 15) is 4.79 Å². The molecule has 2 heteroatoms. The maximum Gasteiger partial charge on any atom is 0.341 e. The van der Waals surface area contributed by atoms with Gasteiger partial charge in [-0.1, -0.05) is 44.6 Å². The molecule has 1 aliphatic heterocycles. The van der Waals surface area contributed by atoms with Crippen molar-refractivity contribution in [3.8, 4) is 0 Å². The Hall–Kier alpha value is -1.05. The Kier molecular flexibility index (Phi) is 7.44. The molecule has 0 aromatic heterocycles. The highest BCUT2D eigenvalue weighted by molar-refractivity contribution is 5.93. The largest absolute Gasteiger partial charge is 0.430 e. The van der Waals surface area contributed by atoms with Gasteiger partial charge in [-0.25, -0.2) is 4.79 Å². The van der Waals surface area contributed by atoms with Gasteiger partial charge in [0.25, 0.3) is 0 Å². The van der Waals surface area contributed by atoms with Gasteiger partial charge in [0, 0.05) is 0 Å². The van der Waals surface area contributed by atoms with Crippen molar-refractivity contribution >= 4 is 5.97 Å². The van der Waals surface area contributed by atoms with Crippen LogP contribution in [-0.2, 0) is 9.53 Å². The summed E-state index contributed by atoms with van der Waals surface area (Å²) in [5.41, 5.74) is 0.870. The van der Waals surface area contributed by atoms with E-state index < -0.39 is 0 Å². The van der Waals surface area contributed by atoms with Crippen molar-refractivity contribution in [2.45, 2.75) is 64.2 Å². The van der Waals surface area contributed by atoms with E-state index in [1.54, 1.807) is 6.26 Å². The van der Waals surface area contributed by atoms with Crippen molar-refractivity contribution in [1.29, 1.82) is 0 Å². The van der Waals surface area contributed by atoms with E-state index in [2.05, 4.69) is 11.3 Å². The second kappa shape index (κ2) is 9.03. The Bertz CT molecular complexity index is 266. The van der Waals surface area contributed by atoms with Gasteiger partial charge in [0.15, 0.2) is 0 Å². The number of carbonyl (C=O) groups excluding carboxylic acids is 1. The molecule has 1 heterocycles. The highest BCUT2D eigenvalue weighted by Gasteiger charge is 2.18. The van der Waals surface area contributed by atoms with E-state index in [0.717, 1.165) is 24.8 Å². The van der Waals surface area contributed by atoms with Crippen LogP contribution in [0, 0.1) is 0 Å². The average Bonchev–Trinajstić information content (AvgIpc) is 2.34. The Morgan fingerprint density at radius 2 is 1.59 bits per heavy atom. The fourth-order valence-electron chi connectivity index (χ4n) is 2.02. The molecule has 0 aromatic carbocycles. The summed E-state index contributed by atoms with van der Waals surface area (Å²) in [4.78, 5) is 10.8. The van der Waals surface area contributed by atoms with Crippen molar-refractivity contribution in [2.24, 2.45) is 0 Å². The lowest BCUT2D eigenvalue weighted by Gasteiger charge is -2.12. The van der Waals surface area contributed by atoms with Crippen LogP contribution in [-0.4, -0.2) is 5.97 Å². The molecule has 1 rings (SSSR count). The molecule has 0 amide bonds. The molecule has 0 spiro atoms.